The molecule has 13 heavy (non-hydrogen) atoms. The summed E-state index contributed by atoms with van der Waals surface area (Å²) in [5.41, 5.74) is 1.87. The van der Waals surface area contributed by atoms with Gasteiger partial charge in [0.05, 0.1) is 5.52 Å². The van der Waals surface area contributed by atoms with Crippen LogP contribution >= 0.6 is 0 Å². The van der Waals surface area contributed by atoms with E-state index >= 15 is 0 Å². The van der Waals surface area contributed by atoms with E-state index in [1.54, 1.807) is 6.20 Å². The summed E-state index contributed by atoms with van der Waals surface area (Å²) in [6.45, 7) is 0.227. The van der Waals surface area contributed by atoms with Crippen molar-refractivity contribution in [1.29, 1.82) is 0 Å². The molecular weight excluding hydrogens is 164 g/mol. The van der Waals surface area contributed by atoms with Gasteiger partial charge in [-0.3, -0.25) is 4.98 Å². The summed E-state index contributed by atoms with van der Waals surface area (Å²) in [5, 5.41) is 3.89. The highest BCUT2D eigenvalue weighted by molar-refractivity contribution is 5.78. The molecule has 0 saturated carbocycles. The van der Waals surface area contributed by atoms with Crippen LogP contribution < -0.4 is 0 Å². The van der Waals surface area contributed by atoms with E-state index in [4.69, 9.17) is 0 Å². The van der Waals surface area contributed by atoms with Gasteiger partial charge in [0.2, 0.25) is 0 Å². The van der Waals surface area contributed by atoms with E-state index in [0.717, 1.165) is 16.5 Å². The van der Waals surface area contributed by atoms with Gasteiger partial charge in [-0.1, -0.05) is 17.3 Å². The molecule has 3 nitrogen and oxygen atoms in total. The average molecular weight is 172 g/mol. The molecule has 2 rings (SSSR count). The van der Waals surface area contributed by atoms with E-state index in [2.05, 4.69) is 10.2 Å². The van der Waals surface area contributed by atoms with Gasteiger partial charge in [-0.2, -0.15) is 4.91 Å². The average Bonchev–Trinajstić information content (AvgIpc) is 2.18. The molecule has 0 amide bonds. The number of aromatic nitrogens is 1. The minimum Gasteiger partial charge on any atom is -0.256 e. The largest absolute Gasteiger partial charge is 0.256 e. The minimum absolute atomic E-state index is 0.227. The lowest BCUT2D eigenvalue weighted by atomic mass is 10.1. The predicted molar refractivity (Wildman–Crippen MR) is 51.2 cm³/mol. The molecule has 0 atom stereocenters. The maximum Gasteiger partial charge on any atom is 0.106 e. The van der Waals surface area contributed by atoms with Crippen LogP contribution in [0.4, 0.5) is 0 Å². The van der Waals surface area contributed by atoms with E-state index in [1.807, 2.05) is 30.3 Å². The van der Waals surface area contributed by atoms with Gasteiger partial charge in [-0.15, -0.1) is 0 Å². The van der Waals surface area contributed by atoms with Crippen LogP contribution in [-0.4, -0.2) is 4.98 Å². The number of hydrogen-bond acceptors (Lipinski definition) is 3. The summed E-state index contributed by atoms with van der Waals surface area (Å²) < 4.78 is 0. The molecule has 0 fully saturated rings. The molecule has 0 bridgehead atoms. The van der Waals surface area contributed by atoms with Gasteiger partial charge in [-0.05, 0) is 23.8 Å². The van der Waals surface area contributed by atoms with Crippen LogP contribution in [0.1, 0.15) is 5.56 Å². The van der Waals surface area contributed by atoms with Crippen LogP contribution in [0.3, 0.4) is 0 Å². The third-order valence-electron chi connectivity index (χ3n) is 1.91. The molecule has 0 radical (unpaired) electrons. The van der Waals surface area contributed by atoms with Crippen LogP contribution in [0.25, 0.3) is 10.9 Å². The highest BCUT2D eigenvalue weighted by atomic mass is 16.3. The Morgan fingerprint density at radius 1 is 1.31 bits per heavy atom. The minimum atomic E-state index is 0.227. The number of pyridine rings is 1. The third-order valence-corrected chi connectivity index (χ3v) is 1.91. The van der Waals surface area contributed by atoms with Crippen molar-refractivity contribution in [2.24, 2.45) is 5.18 Å². The highest BCUT2D eigenvalue weighted by Gasteiger charge is 1.95. The van der Waals surface area contributed by atoms with Crippen molar-refractivity contribution in [1.82, 2.24) is 4.98 Å². The molecule has 0 saturated heterocycles. The lowest BCUT2D eigenvalue weighted by Gasteiger charge is -1.97. The van der Waals surface area contributed by atoms with Crippen molar-refractivity contribution < 1.29 is 0 Å². The Balaban J connectivity index is 2.55. The molecule has 0 unspecified atom stereocenters. The number of nitroso groups, excluding NO2 is 1. The summed E-state index contributed by atoms with van der Waals surface area (Å²) >= 11 is 0. The van der Waals surface area contributed by atoms with E-state index in [0.29, 0.717) is 0 Å². The number of nitrogens with zero attached hydrogens (tertiary/aromatic N) is 2. The zero-order valence-corrected chi connectivity index (χ0v) is 6.97. The van der Waals surface area contributed by atoms with Gasteiger partial charge >= 0.3 is 0 Å². The molecule has 2 aromatic rings. The Kier molecular flexibility index (Phi) is 2.00. The van der Waals surface area contributed by atoms with Gasteiger partial charge in [0.1, 0.15) is 6.54 Å². The Hall–Kier alpha value is -1.77. The zero-order chi connectivity index (χ0) is 9.10. The number of rotatable bonds is 2. The molecule has 0 aliphatic carbocycles. The summed E-state index contributed by atoms with van der Waals surface area (Å²) in [5.74, 6) is 0. The summed E-state index contributed by atoms with van der Waals surface area (Å²) in [4.78, 5) is 14.2. The fraction of sp³-hybridized carbons (Fsp3) is 0.100. The monoisotopic (exact) mass is 172 g/mol. The first-order valence-electron chi connectivity index (χ1n) is 4.03. The van der Waals surface area contributed by atoms with E-state index in [1.165, 1.54) is 0 Å². The van der Waals surface area contributed by atoms with Crippen LogP contribution in [0.5, 0.6) is 0 Å². The summed E-state index contributed by atoms with van der Waals surface area (Å²) in [6.07, 6.45) is 1.75. The van der Waals surface area contributed by atoms with E-state index < -0.39 is 0 Å². The summed E-state index contributed by atoms with van der Waals surface area (Å²) in [7, 11) is 0. The molecule has 1 heterocycles. The van der Waals surface area contributed by atoms with Gasteiger partial charge < -0.3 is 0 Å². The van der Waals surface area contributed by atoms with Crippen molar-refractivity contribution in [2.45, 2.75) is 6.54 Å². The van der Waals surface area contributed by atoms with Crippen LogP contribution in [0, 0.1) is 4.91 Å². The van der Waals surface area contributed by atoms with Gasteiger partial charge in [-0.25, -0.2) is 0 Å². The number of fused-ring (bicyclic) bond motifs is 1. The second-order valence-corrected chi connectivity index (χ2v) is 2.82. The Bertz CT molecular complexity index is 440. The molecular formula is C10H8N2O. The third kappa shape index (κ3) is 1.54. The van der Waals surface area contributed by atoms with Crippen LogP contribution in [0.2, 0.25) is 0 Å². The fourth-order valence-corrected chi connectivity index (χ4v) is 1.30. The van der Waals surface area contributed by atoms with Crippen molar-refractivity contribution in [2.75, 3.05) is 0 Å². The van der Waals surface area contributed by atoms with Crippen LogP contribution in [0.15, 0.2) is 41.7 Å². The number of benzene rings is 1. The zero-order valence-electron chi connectivity index (χ0n) is 6.97. The molecule has 0 spiro atoms. The lowest BCUT2D eigenvalue weighted by Crippen LogP contribution is -1.82. The van der Waals surface area contributed by atoms with Crippen molar-refractivity contribution >= 4 is 10.9 Å². The SMILES string of the molecule is O=NCc1ccc2ncccc2c1. The number of hydrogen-bond donors (Lipinski definition) is 0. The standard InChI is InChI=1S/C10H8N2O/c13-12-7-8-3-4-10-9(6-8)2-1-5-11-10/h1-6H,7H2. The second kappa shape index (κ2) is 3.31. The van der Waals surface area contributed by atoms with Crippen molar-refractivity contribution in [3.8, 4) is 0 Å². The van der Waals surface area contributed by atoms with Gasteiger partial charge in [0.15, 0.2) is 0 Å². The Morgan fingerprint density at radius 3 is 3.08 bits per heavy atom. The molecule has 64 valence electrons. The van der Waals surface area contributed by atoms with Crippen molar-refractivity contribution in [3.63, 3.8) is 0 Å². The quantitative estimate of drug-likeness (QED) is 0.653. The Morgan fingerprint density at radius 2 is 2.23 bits per heavy atom. The first-order chi connectivity index (χ1) is 6.40. The first kappa shape index (κ1) is 7.86. The van der Waals surface area contributed by atoms with Gasteiger partial charge in [0, 0.05) is 11.6 Å². The second-order valence-electron chi connectivity index (χ2n) is 2.82. The molecule has 0 N–H and O–H groups in total. The molecule has 1 aromatic heterocycles. The highest BCUT2D eigenvalue weighted by Crippen LogP contribution is 2.13. The maximum absolute atomic E-state index is 10.0. The van der Waals surface area contributed by atoms with E-state index in [9.17, 15) is 4.91 Å². The van der Waals surface area contributed by atoms with Crippen molar-refractivity contribution in [3.05, 3.63) is 47.0 Å². The maximum atomic E-state index is 10.0. The molecule has 1 aromatic carbocycles. The molecule has 0 aliphatic rings. The topological polar surface area (TPSA) is 42.3 Å². The predicted octanol–water partition coefficient (Wildman–Crippen LogP) is 2.50. The normalized spacial score (nSPS) is 10.2. The smallest absolute Gasteiger partial charge is 0.106 e. The van der Waals surface area contributed by atoms with E-state index in [-0.39, 0.29) is 6.54 Å². The summed E-state index contributed by atoms with van der Waals surface area (Å²) in [6, 6.07) is 9.55. The Labute approximate surface area is 75.4 Å². The van der Waals surface area contributed by atoms with Gasteiger partial charge in [0.25, 0.3) is 0 Å². The fourth-order valence-electron chi connectivity index (χ4n) is 1.30. The first-order valence-corrected chi connectivity index (χ1v) is 4.03. The molecule has 3 heteroatoms. The molecule has 0 aliphatic heterocycles. The lowest BCUT2D eigenvalue weighted by molar-refractivity contribution is 1.06. The van der Waals surface area contributed by atoms with Crippen LogP contribution in [-0.2, 0) is 6.54 Å².